The van der Waals surface area contributed by atoms with Crippen LogP contribution in [-0.2, 0) is 11.3 Å². The summed E-state index contributed by atoms with van der Waals surface area (Å²) in [6, 6.07) is 10.4. The van der Waals surface area contributed by atoms with E-state index in [2.05, 4.69) is 0 Å². The van der Waals surface area contributed by atoms with Crippen LogP contribution in [0.1, 0.15) is 5.56 Å². The van der Waals surface area contributed by atoms with Crippen molar-refractivity contribution in [2.75, 3.05) is 20.3 Å². The van der Waals surface area contributed by atoms with E-state index in [-0.39, 0.29) is 25.6 Å². The van der Waals surface area contributed by atoms with E-state index in [4.69, 9.17) is 14.2 Å². The highest BCUT2D eigenvalue weighted by Gasteiger charge is 2.10. The van der Waals surface area contributed by atoms with Crippen molar-refractivity contribution in [3.8, 4) is 11.5 Å². The van der Waals surface area contributed by atoms with Crippen molar-refractivity contribution in [3.05, 3.63) is 59.7 Å². The van der Waals surface area contributed by atoms with Crippen molar-refractivity contribution in [2.45, 2.75) is 12.7 Å². The Morgan fingerprint density at radius 1 is 1.04 bits per heavy atom. The molecule has 23 heavy (non-hydrogen) atoms. The first-order valence-electron chi connectivity index (χ1n) is 7.05. The van der Waals surface area contributed by atoms with Gasteiger partial charge in [0.15, 0.2) is 11.6 Å². The number of aliphatic hydroxyl groups excluding tert-OH is 1. The van der Waals surface area contributed by atoms with Gasteiger partial charge in [-0.05, 0) is 18.2 Å². The molecule has 4 nitrogen and oxygen atoms in total. The zero-order chi connectivity index (χ0) is 16.7. The quantitative estimate of drug-likeness (QED) is 0.811. The maximum absolute atomic E-state index is 13.4. The summed E-state index contributed by atoms with van der Waals surface area (Å²) in [6.45, 7) is 0.126. The Labute approximate surface area is 133 Å². The zero-order valence-corrected chi connectivity index (χ0v) is 12.7. The molecule has 1 unspecified atom stereocenters. The van der Waals surface area contributed by atoms with Crippen LogP contribution in [0.25, 0.3) is 0 Å². The van der Waals surface area contributed by atoms with Crippen LogP contribution in [0.5, 0.6) is 11.5 Å². The van der Waals surface area contributed by atoms with E-state index in [1.165, 1.54) is 6.07 Å². The van der Waals surface area contributed by atoms with Crippen LogP contribution in [0.4, 0.5) is 8.78 Å². The zero-order valence-electron chi connectivity index (χ0n) is 12.7. The van der Waals surface area contributed by atoms with Gasteiger partial charge in [-0.15, -0.1) is 0 Å². The van der Waals surface area contributed by atoms with Gasteiger partial charge >= 0.3 is 0 Å². The number of halogens is 2. The molecule has 1 N–H and O–H groups in total. The lowest BCUT2D eigenvalue weighted by molar-refractivity contribution is 0.00437. The van der Waals surface area contributed by atoms with Gasteiger partial charge in [0.05, 0.1) is 20.3 Å². The predicted molar refractivity (Wildman–Crippen MR) is 80.5 cm³/mol. The minimum absolute atomic E-state index is 0.0147. The second kappa shape index (κ2) is 8.45. The number of ether oxygens (including phenoxy) is 3. The molecule has 0 amide bonds. The van der Waals surface area contributed by atoms with Crippen LogP contribution < -0.4 is 9.47 Å². The van der Waals surface area contributed by atoms with E-state index >= 15 is 0 Å². The summed E-state index contributed by atoms with van der Waals surface area (Å²) in [5.74, 6) is -0.913. The third-order valence-corrected chi connectivity index (χ3v) is 3.09. The average molecular weight is 324 g/mol. The normalized spacial score (nSPS) is 12.0. The summed E-state index contributed by atoms with van der Waals surface area (Å²) < 4.78 is 41.8. The lowest BCUT2D eigenvalue weighted by atomic mass is 10.2. The SMILES string of the molecule is COc1ccccc1COCC(O)COc1ccc(F)cc1F. The average Bonchev–Trinajstić information content (AvgIpc) is 2.54. The number of aliphatic hydroxyl groups is 1. The highest BCUT2D eigenvalue weighted by atomic mass is 19.1. The monoisotopic (exact) mass is 324 g/mol. The molecule has 0 spiro atoms. The first-order chi connectivity index (χ1) is 11.1. The van der Waals surface area contributed by atoms with Crippen molar-refractivity contribution in [3.63, 3.8) is 0 Å². The van der Waals surface area contributed by atoms with Crippen LogP contribution in [-0.4, -0.2) is 31.5 Å². The molecule has 0 aromatic heterocycles. The largest absolute Gasteiger partial charge is 0.496 e. The number of hydrogen-bond donors (Lipinski definition) is 1. The highest BCUT2D eigenvalue weighted by Crippen LogP contribution is 2.19. The summed E-state index contributed by atoms with van der Waals surface area (Å²) in [7, 11) is 1.57. The van der Waals surface area contributed by atoms with Crippen molar-refractivity contribution in [1.82, 2.24) is 0 Å². The fourth-order valence-electron chi connectivity index (χ4n) is 1.95. The smallest absolute Gasteiger partial charge is 0.167 e. The van der Waals surface area contributed by atoms with Gasteiger partial charge in [-0.3, -0.25) is 0 Å². The number of rotatable bonds is 8. The van der Waals surface area contributed by atoms with E-state index in [1.807, 2.05) is 24.3 Å². The molecule has 0 fully saturated rings. The molecule has 6 heteroatoms. The number of para-hydroxylation sites is 1. The Morgan fingerprint density at radius 2 is 1.83 bits per heavy atom. The topological polar surface area (TPSA) is 47.9 Å². The Hall–Kier alpha value is -2.18. The number of methoxy groups -OCH3 is 1. The van der Waals surface area contributed by atoms with E-state index in [9.17, 15) is 13.9 Å². The van der Waals surface area contributed by atoms with Gasteiger partial charge in [0.25, 0.3) is 0 Å². The molecule has 0 aliphatic carbocycles. The molecule has 0 bridgehead atoms. The minimum Gasteiger partial charge on any atom is -0.496 e. The first-order valence-corrected chi connectivity index (χ1v) is 7.05. The molecule has 0 radical (unpaired) electrons. The molecular formula is C17H18F2O4. The van der Waals surface area contributed by atoms with Gasteiger partial charge in [-0.25, -0.2) is 8.78 Å². The third-order valence-electron chi connectivity index (χ3n) is 3.09. The number of hydrogen-bond acceptors (Lipinski definition) is 4. The molecule has 2 aromatic rings. The molecular weight excluding hydrogens is 306 g/mol. The molecule has 1 atom stereocenters. The van der Waals surface area contributed by atoms with Crippen molar-refractivity contribution in [2.24, 2.45) is 0 Å². The maximum Gasteiger partial charge on any atom is 0.167 e. The Balaban J connectivity index is 1.76. The van der Waals surface area contributed by atoms with Gasteiger partial charge in [-0.2, -0.15) is 0 Å². The summed E-state index contributed by atoms with van der Waals surface area (Å²) in [6.07, 6.45) is -0.936. The van der Waals surface area contributed by atoms with Gasteiger partial charge in [0.1, 0.15) is 24.3 Å². The lowest BCUT2D eigenvalue weighted by Gasteiger charge is -2.14. The van der Waals surface area contributed by atoms with Crippen LogP contribution in [0.3, 0.4) is 0 Å². The van der Waals surface area contributed by atoms with E-state index < -0.39 is 17.7 Å². The van der Waals surface area contributed by atoms with E-state index in [0.29, 0.717) is 5.75 Å². The fourth-order valence-corrected chi connectivity index (χ4v) is 1.95. The Bertz CT molecular complexity index is 634. The first kappa shape index (κ1) is 17.2. The molecule has 2 aromatic carbocycles. The summed E-state index contributed by atoms with van der Waals surface area (Å²) >= 11 is 0. The molecule has 0 saturated heterocycles. The number of benzene rings is 2. The maximum atomic E-state index is 13.4. The molecule has 0 aliphatic rings. The van der Waals surface area contributed by atoms with Gasteiger partial charge in [-0.1, -0.05) is 18.2 Å². The predicted octanol–water partition coefficient (Wildman–Crippen LogP) is 2.93. The summed E-state index contributed by atoms with van der Waals surface area (Å²) in [5.41, 5.74) is 0.854. The van der Waals surface area contributed by atoms with Crippen LogP contribution >= 0.6 is 0 Å². The van der Waals surface area contributed by atoms with Gasteiger partial charge in [0.2, 0.25) is 0 Å². The highest BCUT2D eigenvalue weighted by molar-refractivity contribution is 5.32. The van der Waals surface area contributed by atoms with E-state index in [1.54, 1.807) is 7.11 Å². The van der Waals surface area contributed by atoms with Crippen molar-refractivity contribution >= 4 is 0 Å². The summed E-state index contributed by atoms with van der Waals surface area (Å²) in [4.78, 5) is 0. The van der Waals surface area contributed by atoms with Crippen molar-refractivity contribution < 1.29 is 28.1 Å². The second-order valence-electron chi connectivity index (χ2n) is 4.87. The van der Waals surface area contributed by atoms with Gasteiger partial charge < -0.3 is 19.3 Å². The van der Waals surface area contributed by atoms with Crippen LogP contribution in [0.15, 0.2) is 42.5 Å². The van der Waals surface area contributed by atoms with Gasteiger partial charge in [0, 0.05) is 11.6 Å². The standard InChI is InChI=1S/C17H18F2O4/c1-21-16-5-3-2-4-12(16)9-22-10-14(20)11-23-17-7-6-13(18)8-15(17)19/h2-8,14,20H,9-11H2,1H3. The van der Waals surface area contributed by atoms with Crippen LogP contribution in [0.2, 0.25) is 0 Å². The summed E-state index contributed by atoms with van der Waals surface area (Å²) in [5, 5.41) is 9.78. The lowest BCUT2D eigenvalue weighted by Crippen LogP contribution is -2.23. The Kier molecular flexibility index (Phi) is 6.31. The third kappa shape index (κ3) is 5.19. The molecule has 2 rings (SSSR count). The van der Waals surface area contributed by atoms with E-state index in [0.717, 1.165) is 17.7 Å². The van der Waals surface area contributed by atoms with Crippen LogP contribution in [0, 0.1) is 11.6 Å². The molecule has 124 valence electrons. The molecule has 0 aliphatic heterocycles. The minimum atomic E-state index is -0.936. The molecule has 0 heterocycles. The Morgan fingerprint density at radius 3 is 2.57 bits per heavy atom. The fraction of sp³-hybridized carbons (Fsp3) is 0.294. The second-order valence-corrected chi connectivity index (χ2v) is 4.87. The molecule has 0 saturated carbocycles. The van der Waals surface area contributed by atoms with Crippen molar-refractivity contribution in [1.29, 1.82) is 0 Å².